The van der Waals surface area contributed by atoms with Crippen molar-refractivity contribution in [3.63, 3.8) is 0 Å². The molecule has 7 N–H and O–H groups in total. The number of H-pyrrole nitrogens is 1. The number of aromatic nitrogens is 1. The van der Waals surface area contributed by atoms with E-state index in [0.29, 0.717) is 17.3 Å². The number of nitrogens with one attached hydrogen (secondary N) is 1. The van der Waals surface area contributed by atoms with Gasteiger partial charge in [-0.05, 0) is 0 Å². The van der Waals surface area contributed by atoms with Gasteiger partial charge in [-0.15, -0.1) is 0 Å². The third-order valence-electron chi connectivity index (χ3n) is 0.901. The van der Waals surface area contributed by atoms with Crippen LogP contribution in [0.2, 0.25) is 0 Å². The van der Waals surface area contributed by atoms with Gasteiger partial charge in [-0.25, -0.2) is 0 Å². The second kappa shape index (κ2) is 1.33. The Morgan fingerprint density at radius 3 is 2.00 bits per heavy atom. The molecule has 0 saturated heterocycles. The fourth-order valence-corrected chi connectivity index (χ4v) is 0.509. The first-order chi connectivity index (χ1) is 3.70. The van der Waals surface area contributed by atoms with Crippen LogP contribution in [0.1, 0.15) is 0 Å². The Morgan fingerprint density at radius 2 is 1.88 bits per heavy atom. The monoisotopic (exact) mass is 112 g/mol. The third kappa shape index (κ3) is 0.556. The summed E-state index contributed by atoms with van der Waals surface area (Å²) in [5.74, 6) is 0.933. The lowest BCUT2D eigenvalue weighted by Gasteiger charge is -1.83. The van der Waals surface area contributed by atoms with Gasteiger partial charge in [0.25, 0.3) is 0 Å². The maximum atomic E-state index is 5.30. The average molecular weight is 112 g/mol. The Hall–Kier alpha value is -1.32. The van der Waals surface area contributed by atoms with Crippen molar-refractivity contribution in [2.75, 3.05) is 17.2 Å². The zero-order valence-electron chi connectivity index (χ0n) is 4.31. The molecule has 0 saturated carbocycles. The van der Waals surface area contributed by atoms with E-state index >= 15 is 0 Å². The number of hydrogen-bond donors (Lipinski definition) is 4. The zero-order chi connectivity index (χ0) is 6.15. The Bertz CT molecular complexity index is 170. The van der Waals surface area contributed by atoms with Crippen LogP contribution in [-0.2, 0) is 0 Å². The first kappa shape index (κ1) is 4.83. The second-order valence-corrected chi connectivity index (χ2v) is 1.59. The summed E-state index contributed by atoms with van der Waals surface area (Å²) in [6, 6.07) is 1.58. The molecule has 1 rings (SSSR count). The normalized spacial score (nSPS) is 9.50. The van der Waals surface area contributed by atoms with Crippen molar-refractivity contribution in [1.29, 1.82) is 0 Å². The fourth-order valence-electron chi connectivity index (χ4n) is 0.509. The van der Waals surface area contributed by atoms with Crippen LogP contribution in [0.4, 0.5) is 17.3 Å². The van der Waals surface area contributed by atoms with Crippen LogP contribution >= 0.6 is 0 Å². The van der Waals surface area contributed by atoms with Crippen LogP contribution in [-0.4, -0.2) is 4.98 Å². The molecule has 0 aromatic carbocycles. The van der Waals surface area contributed by atoms with E-state index in [-0.39, 0.29) is 0 Å². The van der Waals surface area contributed by atoms with Crippen LogP contribution < -0.4 is 17.2 Å². The van der Waals surface area contributed by atoms with Crippen molar-refractivity contribution in [2.45, 2.75) is 0 Å². The molecular formula is C4H8N4. The lowest BCUT2D eigenvalue weighted by molar-refractivity contribution is 1.42. The third-order valence-corrected chi connectivity index (χ3v) is 0.901. The molecule has 0 radical (unpaired) electrons. The summed E-state index contributed by atoms with van der Waals surface area (Å²) in [6.07, 6.45) is 0. The minimum Gasteiger partial charge on any atom is -0.396 e. The van der Waals surface area contributed by atoms with Gasteiger partial charge in [0.15, 0.2) is 0 Å². The van der Waals surface area contributed by atoms with Crippen molar-refractivity contribution < 1.29 is 0 Å². The van der Waals surface area contributed by atoms with Gasteiger partial charge in [-0.1, -0.05) is 0 Å². The van der Waals surface area contributed by atoms with E-state index in [1.807, 2.05) is 0 Å². The molecule has 0 aliphatic carbocycles. The molecule has 0 atom stereocenters. The maximum Gasteiger partial charge on any atom is 0.125 e. The smallest absolute Gasteiger partial charge is 0.125 e. The largest absolute Gasteiger partial charge is 0.396 e. The van der Waals surface area contributed by atoms with Gasteiger partial charge < -0.3 is 22.2 Å². The van der Waals surface area contributed by atoms with E-state index in [1.54, 1.807) is 6.07 Å². The van der Waals surface area contributed by atoms with Gasteiger partial charge in [0.2, 0.25) is 0 Å². The van der Waals surface area contributed by atoms with Crippen LogP contribution in [0.15, 0.2) is 6.07 Å². The van der Waals surface area contributed by atoms with Crippen LogP contribution in [0.3, 0.4) is 0 Å². The molecule has 44 valence electrons. The predicted molar refractivity (Wildman–Crippen MR) is 34.0 cm³/mol. The van der Waals surface area contributed by atoms with Gasteiger partial charge in [0, 0.05) is 6.07 Å². The van der Waals surface area contributed by atoms with Crippen molar-refractivity contribution in [1.82, 2.24) is 4.98 Å². The van der Waals surface area contributed by atoms with Gasteiger partial charge in [0.1, 0.15) is 11.6 Å². The standard InChI is InChI=1S/C4H8N4/c5-2-1-3(6)8-4(2)7/h1,8H,5-7H2. The number of anilines is 3. The molecule has 0 spiro atoms. The Morgan fingerprint density at radius 1 is 1.25 bits per heavy atom. The van der Waals surface area contributed by atoms with Crippen molar-refractivity contribution in [2.24, 2.45) is 0 Å². The highest BCUT2D eigenvalue weighted by Crippen LogP contribution is 2.15. The topological polar surface area (TPSA) is 93.8 Å². The Balaban J connectivity index is 3.14. The molecule has 0 aliphatic rings. The number of nitrogens with two attached hydrogens (primary N) is 3. The van der Waals surface area contributed by atoms with Gasteiger partial charge in [-0.3, -0.25) is 0 Å². The average Bonchev–Trinajstić information content (AvgIpc) is 1.85. The summed E-state index contributed by atoms with van der Waals surface area (Å²) in [7, 11) is 0. The molecule has 4 nitrogen and oxygen atoms in total. The quantitative estimate of drug-likeness (QED) is 0.373. The fraction of sp³-hybridized carbons (Fsp3) is 0. The molecular weight excluding hydrogens is 104 g/mol. The molecule has 8 heavy (non-hydrogen) atoms. The minimum atomic E-state index is 0.433. The molecule has 0 amide bonds. The zero-order valence-corrected chi connectivity index (χ0v) is 4.31. The number of aromatic amines is 1. The summed E-state index contributed by atoms with van der Waals surface area (Å²) < 4.78 is 0. The highest BCUT2D eigenvalue weighted by Gasteiger charge is 1.94. The molecule has 1 heterocycles. The van der Waals surface area contributed by atoms with Crippen molar-refractivity contribution >= 4 is 17.3 Å². The highest BCUT2D eigenvalue weighted by molar-refractivity contribution is 5.65. The van der Waals surface area contributed by atoms with E-state index in [1.165, 1.54) is 0 Å². The number of nitrogen functional groups attached to an aromatic ring is 3. The SMILES string of the molecule is Nc1cc(N)c(N)[nH]1. The van der Waals surface area contributed by atoms with Crippen molar-refractivity contribution in [3.8, 4) is 0 Å². The molecule has 4 heteroatoms. The van der Waals surface area contributed by atoms with Gasteiger partial charge in [-0.2, -0.15) is 0 Å². The first-order valence-electron chi connectivity index (χ1n) is 2.19. The van der Waals surface area contributed by atoms with E-state index < -0.39 is 0 Å². The summed E-state index contributed by atoms with van der Waals surface area (Å²) in [5, 5.41) is 0. The highest BCUT2D eigenvalue weighted by atomic mass is 14.9. The van der Waals surface area contributed by atoms with Crippen LogP contribution in [0.25, 0.3) is 0 Å². The summed E-state index contributed by atoms with van der Waals surface area (Å²) >= 11 is 0. The van der Waals surface area contributed by atoms with E-state index in [4.69, 9.17) is 17.2 Å². The summed E-state index contributed by atoms with van der Waals surface area (Å²) in [4.78, 5) is 2.64. The number of rotatable bonds is 0. The summed E-state index contributed by atoms with van der Waals surface area (Å²) in [6.45, 7) is 0. The molecule has 0 fully saturated rings. The Labute approximate surface area is 46.7 Å². The Kier molecular flexibility index (Phi) is 0.802. The molecule has 0 aliphatic heterocycles. The predicted octanol–water partition coefficient (Wildman–Crippen LogP) is -0.239. The van der Waals surface area contributed by atoms with E-state index in [9.17, 15) is 0 Å². The summed E-state index contributed by atoms with van der Waals surface area (Å²) in [5.41, 5.74) is 16.4. The lowest BCUT2D eigenvalue weighted by atomic mass is 10.5. The lowest BCUT2D eigenvalue weighted by Crippen LogP contribution is -1.90. The first-order valence-corrected chi connectivity index (χ1v) is 2.19. The second-order valence-electron chi connectivity index (χ2n) is 1.59. The molecule has 1 aromatic rings. The van der Waals surface area contributed by atoms with Gasteiger partial charge in [0.05, 0.1) is 5.69 Å². The van der Waals surface area contributed by atoms with Crippen molar-refractivity contribution in [3.05, 3.63) is 6.07 Å². The minimum absolute atomic E-state index is 0.433. The van der Waals surface area contributed by atoms with Crippen LogP contribution in [0, 0.1) is 0 Å². The molecule has 0 unspecified atom stereocenters. The van der Waals surface area contributed by atoms with Gasteiger partial charge >= 0.3 is 0 Å². The maximum absolute atomic E-state index is 5.30. The molecule has 0 bridgehead atoms. The number of hydrogen-bond acceptors (Lipinski definition) is 3. The van der Waals surface area contributed by atoms with E-state index in [2.05, 4.69) is 4.98 Å². The van der Waals surface area contributed by atoms with E-state index in [0.717, 1.165) is 0 Å². The molecule has 1 aromatic heterocycles. The van der Waals surface area contributed by atoms with Crippen LogP contribution in [0.5, 0.6) is 0 Å².